The van der Waals surface area contributed by atoms with E-state index in [-0.39, 0.29) is 6.10 Å². The molecule has 1 N–H and O–H groups in total. The van der Waals surface area contributed by atoms with Crippen LogP contribution in [0.15, 0.2) is 30.6 Å². The van der Waals surface area contributed by atoms with Crippen molar-refractivity contribution in [3.63, 3.8) is 0 Å². The van der Waals surface area contributed by atoms with Crippen molar-refractivity contribution in [2.45, 2.75) is 69.6 Å². The Morgan fingerprint density at radius 3 is 2.50 bits per heavy atom. The van der Waals surface area contributed by atoms with E-state index >= 15 is 0 Å². The van der Waals surface area contributed by atoms with Crippen molar-refractivity contribution in [2.24, 2.45) is 0 Å². The third-order valence-corrected chi connectivity index (χ3v) is 5.90. The quantitative estimate of drug-likeness (QED) is 0.836. The molecule has 2 saturated carbocycles. The molecule has 1 aromatic carbocycles. The predicted molar refractivity (Wildman–Crippen MR) is 98.8 cm³/mol. The molecule has 0 atom stereocenters. The van der Waals surface area contributed by atoms with Crippen LogP contribution < -0.4 is 10.1 Å². The number of fused-ring (bicyclic) bond motifs is 1. The first-order chi connectivity index (χ1) is 11.8. The molecule has 2 aliphatic carbocycles. The van der Waals surface area contributed by atoms with Crippen molar-refractivity contribution in [3.8, 4) is 5.75 Å². The summed E-state index contributed by atoms with van der Waals surface area (Å²) in [6.07, 6.45) is 14.0. The first-order valence-corrected chi connectivity index (χ1v) is 9.62. The van der Waals surface area contributed by atoms with E-state index in [1.165, 1.54) is 38.5 Å². The Hall–Kier alpha value is -1.32. The van der Waals surface area contributed by atoms with E-state index in [0.29, 0.717) is 11.1 Å². The van der Waals surface area contributed by atoms with Crippen LogP contribution in [0.2, 0.25) is 5.02 Å². The van der Waals surface area contributed by atoms with Crippen molar-refractivity contribution in [3.05, 3.63) is 35.6 Å². The molecule has 0 amide bonds. The standard InChI is InChI=1S/C20H25ClN2O/c21-20-18-11-12-22-13-14(18)5-10-19(20)24-17-8-6-16(7-9-17)23-15-3-1-2-4-15/h5,10-13,15-17,23H,1-4,6-9H2. The fraction of sp³-hybridized carbons (Fsp3) is 0.550. The lowest BCUT2D eigenvalue weighted by Gasteiger charge is -2.31. The number of halogens is 1. The number of ether oxygens (including phenoxy) is 1. The van der Waals surface area contributed by atoms with Gasteiger partial charge in [-0.3, -0.25) is 4.98 Å². The third kappa shape index (κ3) is 3.52. The van der Waals surface area contributed by atoms with Gasteiger partial charge in [-0.15, -0.1) is 0 Å². The summed E-state index contributed by atoms with van der Waals surface area (Å²) in [4.78, 5) is 4.14. The van der Waals surface area contributed by atoms with Crippen LogP contribution in [0, 0.1) is 0 Å². The largest absolute Gasteiger partial charge is 0.489 e. The van der Waals surface area contributed by atoms with Crippen molar-refractivity contribution >= 4 is 22.4 Å². The second-order valence-electron chi connectivity index (χ2n) is 7.21. The number of rotatable bonds is 4. The van der Waals surface area contributed by atoms with E-state index in [2.05, 4.69) is 10.3 Å². The number of hydrogen-bond acceptors (Lipinski definition) is 3. The molecule has 0 saturated heterocycles. The highest BCUT2D eigenvalue weighted by Crippen LogP contribution is 2.35. The van der Waals surface area contributed by atoms with Crippen LogP contribution in [0.5, 0.6) is 5.75 Å². The lowest BCUT2D eigenvalue weighted by atomic mass is 9.92. The molecule has 1 heterocycles. The van der Waals surface area contributed by atoms with Gasteiger partial charge in [0, 0.05) is 35.2 Å². The first-order valence-electron chi connectivity index (χ1n) is 9.24. The van der Waals surface area contributed by atoms with Gasteiger partial charge in [0.15, 0.2) is 0 Å². The number of hydrogen-bond donors (Lipinski definition) is 1. The highest BCUT2D eigenvalue weighted by Gasteiger charge is 2.26. The average molecular weight is 345 g/mol. The van der Waals surface area contributed by atoms with E-state index in [4.69, 9.17) is 16.3 Å². The summed E-state index contributed by atoms with van der Waals surface area (Å²) in [6.45, 7) is 0. The summed E-state index contributed by atoms with van der Waals surface area (Å²) < 4.78 is 6.23. The number of aromatic nitrogens is 1. The van der Waals surface area contributed by atoms with Crippen molar-refractivity contribution in [1.82, 2.24) is 10.3 Å². The molecular weight excluding hydrogens is 320 g/mol. The molecular formula is C20H25ClN2O. The Morgan fingerprint density at radius 2 is 1.71 bits per heavy atom. The third-order valence-electron chi connectivity index (χ3n) is 5.51. The molecule has 24 heavy (non-hydrogen) atoms. The molecule has 2 aliphatic rings. The van der Waals surface area contributed by atoms with Crippen LogP contribution in [0.4, 0.5) is 0 Å². The fourth-order valence-electron chi connectivity index (χ4n) is 4.15. The van der Waals surface area contributed by atoms with Crippen molar-refractivity contribution in [1.29, 1.82) is 0 Å². The van der Waals surface area contributed by atoms with Gasteiger partial charge in [-0.25, -0.2) is 0 Å². The smallest absolute Gasteiger partial charge is 0.138 e. The van der Waals surface area contributed by atoms with Crippen molar-refractivity contribution in [2.75, 3.05) is 0 Å². The summed E-state index contributed by atoms with van der Waals surface area (Å²) >= 11 is 6.54. The van der Waals surface area contributed by atoms with E-state index in [9.17, 15) is 0 Å². The molecule has 0 aliphatic heterocycles. The van der Waals surface area contributed by atoms with E-state index in [1.807, 2.05) is 24.4 Å². The highest BCUT2D eigenvalue weighted by molar-refractivity contribution is 6.37. The summed E-state index contributed by atoms with van der Waals surface area (Å²) in [6, 6.07) is 7.40. The van der Waals surface area contributed by atoms with Crippen LogP contribution >= 0.6 is 11.6 Å². The van der Waals surface area contributed by atoms with Gasteiger partial charge in [-0.05, 0) is 56.7 Å². The van der Waals surface area contributed by atoms with E-state index < -0.39 is 0 Å². The van der Waals surface area contributed by atoms with Gasteiger partial charge in [-0.2, -0.15) is 0 Å². The Balaban J connectivity index is 1.36. The van der Waals surface area contributed by atoms with Gasteiger partial charge in [-0.1, -0.05) is 24.4 Å². The number of nitrogens with zero attached hydrogens (tertiary/aromatic N) is 1. The summed E-state index contributed by atoms with van der Waals surface area (Å²) in [7, 11) is 0. The van der Waals surface area contributed by atoms with Gasteiger partial charge in [0.05, 0.1) is 11.1 Å². The SMILES string of the molecule is Clc1c(OC2CCC(NC3CCCC3)CC2)ccc2cnccc12. The molecule has 1 aromatic heterocycles. The zero-order valence-corrected chi connectivity index (χ0v) is 14.8. The molecule has 0 radical (unpaired) electrons. The maximum absolute atomic E-state index is 6.54. The molecule has 2 aromatic rings. The number of nitrogens with one attached hydrogen (secondary N) is 1. The summed E-state index contributed by atoms with van der Waals surface area (Å²) in [5.74, 6) is 0.808. The van der Waals surface area contributed by atoms with Crippen molar-refractivity contribution < 1.29 is 4.74 Å². The summed E-state index contributed by atoms with van der Waals surface area (Å²) in [5, 5.41) is 6.63. The minimum atomic E-state index is 0.281. The molecule has 4 heteroatoms. The normalized spacial score (nSPS) is 25.2. The lowest BCUT2D eigenvalue weighted by molar-refractivity contribution is 0.137. The maximum Gasteiger partial charge on any atom is 0.138 e. The van der Waals surface area contributed by atoms with Gasteiger partial charge in [0.2, 0.25) is 0 Å². The first kappa shape index (κ1) is 16.2. The van der Waals surface area contributed by atoms with Gasteiger partial charge >= 0.3 is 0 Å². The zero-order valence-electron chi connectivity index (χ0n) is 14.0. The minimum absolute atomic E-state index is 0.281. The second kappa shape index (κ2) is 7.28. The summed E-state index contributed by atoms with van der Waals surface area (Å²) in [5.41, 5.74) is 0. The molecule has 0 unspecified atom stereocenters. The van der Waals surface area contributed by atoms with Gasteiger partial charge in [0.1, 0.15) is 5.75 Å². The van der Waals surface area contributed by atoms with Crippen LogP contribution in [0.3, 0.4) is 0 Å². The number of pyridine rings is 1. The fourth-order valence-corrected chi connectivity index (χ4v) is 4.43. The zero-order chi connectivity index (χ0) is 16.4. The van der Waals surface area contributed by atoms with Gasteiger partial charge in [0.25, 0.3) is 0 Å². The molecule has 0 bridgehead atoms. The Labute approximate surface area is 148 Å². The Morgan fingerprint density at radius 1 is 0.958 bits per heavy atom. The molecule has 3 nitrogen and oxygen atoms in total. The predicted octanol–water partition coefficient (Wildman–Crippen LogP) is 5.11. The topological polar surface area (TPSA) is 34.1 Å². The number of benzene rings is 1. The monoisotopic (exact) mass is 344 g/mol. The van der Waals surface area contributed by atoms with Crippen LogP contribution in [0.1, 0.15) is 51.4 Å². The van der Waals surface area contributed by atoms with E-state index in [0.717, 1.165) is 35.4 Å². The van der Waals surface area contributed by atoms with Crippen LogP contribution in [-0.2, 0) is 0 Å². The molecule has 2 fully saturated rings. The van der Waals surface area contributed by atoms with E-state index in [1.54, 1.807) is 6.20 Å². The lowest BCUT2D eigenvalue weighted by Crippen LogP contribution is -2.41. The van der Waals surface area contributed by atoms with Crippen LogP contribution in [-0.4, -0.2) is 23.2 Å². The molecule has 4 rings (SSSR count). The van der Waals surface area contributed by atoms with Crippen LogP contribution in [0.25, 0.3) is 10.8 Å². The van der Waals surface area contributed by atoms with Gasteiger partial charge < -0.3 is 10.1 Å². The molecule has 128 valence electrons. The minimum Gasteiger partial charge on any atom is -0.489 e. The molecule has 0 spiro atoms. The Bertz CT molecular complexity index is 691. The second-order valence-corrected chi connectivity index (χ2v) is 7.59. The maximum atomic E-state index is 6.54. The average Bonchev–Trinajstić information content (AvgIpc) is 3.12. The Kier molecular flexibility index (Phi) is 4.91. The highest BCUT2D eigenvalue weighted by atomic mass is 35.5.